The van der Waals surface area contributed by atoms with Crippen molar-refractivity contribution >= 4 is 0 Å². The molecular weight excluding hydrogens is 164 g/mol. The molecule has 74 valence electrons. The Morgan fingerprint density at radius 3 is 2.92 bits per heavy atom. The first-order chi connectivity index (χ1) is 6.24. The Labute approximate surface area is 79.4 Å². The molecule has 0 aromatic carbocycles. The Hall–Kier alpha value is -0.900. The van der Waals surface area contributed by atoms with E-state index in [1.165, 1.54) is 12.8 Å². The highest BCUT2D eigenvalue weighted by molar-refractivity contribution is 4.82. The molecule has 0 aliphatic carbocycles. The molecule has 0 bridgehead atoms. The van der Waals surface area contributed by atoms with E-state index >= 15 is 0 Å². The van der Waals surface area contributed by atoms with Crippen molar-refractivity contribution in [1.82, 2.24) is 20.1 Å². The Bertz CT molecular complexity index is 244. The molecule has 4 nitrogen and oxygen atoms in total. The molecule has 0 amide bonds. The average Bonchev–Trinajstić information content (AvgIpc) is 2.48. The van der Waals surface area contributed by atoms with Gasteiger partial charge in [0.2, 0.25) is 0 Å². The zero-order valence-corrected chi connectivity index (χ0v) is 8.62. The maximum atomic E-state index is 4.14. The first kappa shape index (κ1) is 10.2. The van der Waals surface area contributed by atoms with E-state index in [1.54, 1.807) is 11.0 Å². The molecule has 0 spiro atoms. The van der Waals surface area contributed by atoms with Crippen molar-refractivity contribution in [2.45, 2.75) is 39.3 Å². The topological polar surface area (TPSA) is 42.7 Å². The molecule has 1 N–H and O–H groups in total. The van der Waals surface area contributed by atoms with E-state index in [4.69, 9.17) is 0 Å². The van der Waals surface area contributed by atoms with Crippen molar-refractivity contribution in [1.29, 1.82) is 0 Å². The van der Waals surface area contributed by atoms with E-state index in [9.17, 15) is 0 Å². The molecule has 4 heteroatoms. The van der Waals surface area contributed by atoms with Crippen LogP contribution in [-0.2, 0) is 13.6 Å². The third-order valence-electron chi connectivity index (χ3n) is 2.14. The highest BCUT2D eigenvalue weighted by Gasteiger charge is 2.02. The van der Waals surface area contributed by atoms with Gasteiger partial charge < -0.3 is 5.32 Å². The fourth-order valence-electron chi connectivity index (χ4n) is 1.28. The van der Waals surface area contributed by atoms with E-state index in [-0.39, 0.29) is 0 Å². The third-order valence-corrected chi connectivity index (χ3v) is 2.14. The third kappa shape index (κ3) is 3.14. The Kier molecular flexibility index (Phi) is 3.89. The lowest BCUT2D eigenvalue weighted by Gasteiger charge is -2.11. The summed E-state index contributed by atoms with van der Waals surface area (Å²) in [5.74, 6) is 0.989. The van der Waals surface area contributed by atoms with Crippen LogP contribution in [0, 0.1) is 0 Å². The summed E-state index contributed by atoms with van der Waals surface area (Å²) in [5.41, 5.74) is 0. The molecule has 1 rings (SSSR count). The number of hydrogen-bond donors (Lipinski definition) is 1. The van der Waals surface area contributed by atoms with Gasteiger partial charge in [0, 0.05) is 13.1 Å². The molecule has 1 aromatic rings. The minimum Gasteiger partial charge on any atom is -0.307 e. The maximum Gasteiger partial charge on any atom is 0.140 e. The fourth-order valence-corrected chi connectivity index (χ4v) is 1.28. The number of aromatic nitrogens is 3. The van der Waals surface area contributed by atoms with Crippen LogP contribution in [0.1, 0.15) is 32.5 Å². The molecule has 1 heterocycles. The van der Waals surface area contributed by atoms with E-state index < -0.39 is 0 Å². The Morgan fingerprint density at radius 2 is 2.38 bits per heavy atom. The summed E-state index contributed by atoms with van der Waals surface area (Å²) in [5, 5.41) is 7.41. The minimum absolute atomic E-state index is 0.557. The van der Waals surface area contributed by atoms with Gasteiger partial charge in [-0.2, -0.15) is 5.10 Å². The summed E-state index contributed by atoms with van der Waals surface area (Å²) in [4.78, 5) is 4.14. The van der Waals surface area contributed by atoms with Gasteiger partial charge in [-0.15, -0.1) is 0 Å². The summed E-state index contributed by atoms with van der Waals surface area (Å²) in [6.45, 7) is 5.19. The van der Waals surface area contributed by atoms with Crippen LogP contribution in [0.2, 0.25) is 0 Å². The highest BCUT2D eigenvalue weighted by Crippen LogP contribution is 1.97. The SMILES string of the molecule is CCCC(C)NCc1ncnn1C. The lowest BCUT2D eigenvalue weighted by Crippen LogP contribution is -2.26. The van der Waals surface area contributed by atoms with Gasteiger partial charge in [-0.05, 0) is 13.3 Å². The summed E-state index contributed by atoms with van der Waals surface area (Å²) in [6, 6.07) is 0.557. The van der Waals surface area contributed by atoms with Gasteiger partial charge in [-0.1, -0.05) is 13.3 Å². The molecule has 13 heavy (non-hydrogen) atoms. The van der Waals surface area contributed by atoms with Gasteiger partial charge in [-0.3, -0.25) is 4.68 Å². The highest BCUT2D eigenvalue weighted by atomic mass is 15.3. The molecule has 0 radical (unpaired) electrons. The largest absolute Gasteiger partial charge is 0.307 e. The zero-order chi connectivity index (χ0) is 9.68. The maximum absolute atomic E-state index is 4.14. The van der Waals surface area contributed by atoms with E-state index in [1.807, 2.05) is 7.05 Å². The summed E-state index contributed by atoms with van der Waals surface area (Å²) < 4.78 is 1.80. The van der Waals surface area contributed by atoms with Crippen molar-refractivity contribution in [3.8, 4) is 0 Å². The fraction of sp³-hybridized carbons (Fsp3) is 0.778. The molecule has 0 aliphatic rings. The van der Waals surface area contributed by atoms with E-state index in [0.29, 0.717) is 6.04 Å². The number of hydrogen-bond acceptors (Lipinski definition) is 3. The second-order valence-corrected chi connectivity index (χ2v) is 3.37. The van der Waals surface area contributed by atoms with Crippen LogP contribution in [0.4, 0.5) is 0 Å². The van der Waals surface area contributed by atoms with Gasteiger partial charge in [0.1, 0.15) is 12.2 Å². The molecular formula is C9H18N4. The van der Waals surface area contributed by atoms with Gasteiger partial charge in [0.15, 0.2) is 0 Å². The smallest absolute Gasteiger partial charge is 0.140 e. The van der Waals surface area contributed by atoms with E-state index in [0.717, 1.165) is 12.4 Å². The standard InChI is InChI=1S/C9H18N4/c1-4-5-8(2)10-6-9-11-7-12-13(9)3/h7-8,10H,4-6H2,1-3H3. The van der Waals surface area contributed by atoms with Gasteiger partial charge >= 0.3 is 0 Å². The van der Waals surface area contributed by atoms with Crippen LogP contribution in [0.15, 0.2) is 6.33 Å². The van der Waals surface area contributed by atoms with Crippen molar-refractivity contribution in [3.63, 3.8) is 0 Å². The zero-order valence-electron chi connectivity index (χ0n) is 8.62. The number of nitrogens with one attached hydrogen (secondary N) is 1. The second kappa shape index (κ2) is 4.97. The van der Waals surface area contributed by atoms with Gasteiger partial charge in [0.25, 0.3) is 0 Å². The van der Waals surface area contributed by atoms with Gasteiger partial charge in [-0.25, -0.2) is 4.98 Å². The second-order valence-electron chi connectivity index (χ2n) is 3.37. The summed E-state index contributed by atoms with van der Waals surface area (Å²) >= 11 is 0. The molecule has 1 atom stereocenters. The lowest BCUT2D eigenvalue weighted by atomic mass is 10.2. The first-order valence-electron chi connectivity index (χ1n) is 4.80. The molecule has 1 aromatic heterocycles. The van der Waals surface area contributed by atoms with Crippen LogP contribution >= 0.6 is 0 Å². The number of rotatable bonds is 5. The van der Waals surface area contributed by atoms with Crippen molar-refractivity contribution in [2.75, 3.05) is 0 Å². The monoisotopic (exact) mass is 182 g/mol. The molecule has 0 saturated carbocycles. The van der Waals surface area contributed by atoms with Crippen molar-refractivity contribution < 1.29 is 0 Å². The van der Waals surface area contributed by atoms with Gasteiger partial charge in [0.05, 0.1) is 6.54 Å². The normalized spacial score (nSPS) is 13.2. The lowest BCUT2D eigenvalue weighted by molar-refractivity contribution is 0.490. The van der Waals surface area contributed by atoms with E-state index in [2.05, 4.69) is 29.2 Å². The van der Waals surface area contributed by atoms with Crippen molar-refractivity contribution in [2.24, 2.45) is 7.05 Å². The van der Waals surface area contributed by atoms with Crippen LogP contribution in [-0.4, -0.2) is 20.8 Å². The predicted molar refractivity (Wildman–Crippen MR) is 52.2 cm³/mol. The Morgan fingerprint density at radius 1 is 1.62 bits per heavy atom. The molecule has 0 saturated heterocycles. The molecule has 0 fully saturated rings. The van der Waals surface area contributed by atoms with Crippen LogP contribution in [0.3, 0.4) is 0 Å². The van der Waals surface area contributed by atoms with Crippen LogP contribution in [0.5, 0.6) is 0 Å². The quantitative estimate of drug-likeness (QED) is 0.741. The van der Waals surface area contributed by atoms with Crippen molar-refractivity contribution in [3.05, 3.63) is 12.2 Å². The minimum atomic E-state index is 0.557. The predicted octanol–water partition coefficient (Wildman–Crippen LogP) is 1.09. The summed E-state index contributed by atoms with van der Waals surface area (Å²) in [7, 11) is 1.91. The van der Waals surface area contributed by atoms with Crippen LogP contribution < -0.4 is 5.32 Å². The number of aryl methyl sites for hydroxylation is 1. The summed E-state index contributed by atoms with van der Waals surface area (Å²) in [6.07, 6.45) is 4.01. The first-order valence-corrected chi connectivity index (χ1v) is 4.80. The van der Waals surface area contributed by atoms with Crippen LogP contribution in [0.25, 0.3) is 0 Å². The number of nitrogens with zero attached hydrogens (tertiary/aromatic N) is 3. The molecule has 1 unspecified atom stereocenters. The molecule has 0 aliphatic heterocycles. The Balaban J connectivity index is 2.30. The average molecular weight is 182 g/mol.